The standard InChI is InChI=1S/C31H24N2O3/c34-28-24-15-20-11-7-8-12-21(20)16-25(24)29(35)26(28)17-23-18-27-30(33(23)22-13-5-2-6-14-22)32-31(36-27)19-9-3-1-4-10-19/h1,3-4,7-12,15-18,22H,2,5-6,13-14H2. The van der Waals surface area contributed by atoms with Crippen molar-refractivity contribution in [2.45, 2.75) is 38.1 Å². The van der Waals surface area contributed by atoms with Gasteiger partial charge in [-0.3, -0.25) is 9.59 Å². The average molecular weight is 473 g/mol. The Morgan fingerprint density at radius 2 is 1.44 bits per heavy atom. The van der Waals surface area contributed by atoms with E-state index in [0.717, 1.165) is 53.4 Å². The van der Waals surface area contributed by atoms with Gasteiger partial charge in [0.25, 0.3) is 0 Å². The second kappa shape index (κ2) is 8.16. The van der Waals surface area contributed by atoms with Crippen LogP contribution in [-0.2, 0) is 0 Å². The van der Waals surface area contributed by atoms with Gasteiger partial charge in [0.2, 0.25) is 5.89 Å². The summed E-state index contributed by atoms with van der Waals surface area (Å²) in [6.07, 6.45) is 7.37. The molecular formula is C31H24N2O3. The maximum atomic E-state index is 13.4. The van der Waals surface area contributed by atoms with Crippen LogP contribution in [0.2, 0.25) is 0 Å². The van der Waals surface area contributed by atoms with Crippen LogP contribution in [0.15, 0.2) is 82.8 Å². The molecule has 5 heteroatoms. The van der Waals surface area contributed by atoms with Gasteiger partial charge in [0, 0.05) is 34.5 Å². The summed E-state index contributed by atoms with van der Waals surface area (Å²) in [5.74, 6) is 0.148. The van der Waals surface area contributed by atoms with Crippen molar-refractivity contribution < 1.29 is 14.0 Å². The van der Waals surface area contributed by atoms with Gasteiger partial charge in [-0.15, -0.1) is 0 Å². The molecular weight excluding hydrogens is 448 g/mol. The first-order valence-corrected chi connectivity index (χ1v) is 12.6. The number of fused-ring (bicyclic) bond motifs is 3. The molecule has 0 saturated heterocycles. The summed E-state index contributed by atoms with van der Waals surface area (Å²) >= 11 is 0. The van der Waals surface area contributed by atoms with Gasteiger partial charge >= 0.3 is 0 Å². The van der Waals surface area contributed by atoms with E-state index < -0.39 is 0 Å². The van der Waals surface area contributed by atoms with Crippen LogP contribution < -0.4 is 0 Å². The molecule has 5 aromatic rings. The van der Waals surface area contributed by atoms with Crippen molar-refractivity contribution >= 4 is 39.6 Å². The number of oxazole rings is 1. The number of hydrogen-bond acceptors (Lipinski definition) is 4. The van der Waals surface area contributed by atoms with Crippen molar-refractivity contribution in [1.82, 2.24) is 9.55 Å². The fourth-order valence-electron chi connectivity index (χ4n) is 5.74. The third kappa shape index (κ3) is 3.27. The summed E-state index contributed by atoms with van der Waals surface area (Å²) in [5.41, 5.74) is 4.34. The molecule has 2 aromatic heterocycles. The molecule has 5 nitrogen and oxygen atoms in total. The van der Waals surface area contributed by atoms with Gasteiger partial charge in [-0.25, -0.2) is 0 Å². The van der Waals surface area contributed by atoms with E-state index in [-0.39, 0.29) is 23.2 Å². The quantitative estimate of drug-likeness (QED) is 0.202. The summed E-state index contributed by atoms with van der Waals surface area (Å²) in [4.78, 5) is 31.7. The van der Waals surface area contributed by atoms with E-state index in [0.29, 0.717) is 22.6 Å². The molecule has 176 valence electrons. The number of Topliss-reactive ketones (excluding diaryl/α,β-unsaturated/α-hetero) is 2. The van der Waals surface area contributed by atoms with Gasteiger partial charge in [0.1, 0.15) is 0 Å². The first-order valence-electron chi connectivity index (χ1n) is 12.6. The number of rotatable bonds is 3. The molecule has 0 atom stereocenters. The van der Waals surface area contributed by atoms with E-state index in [9.17, 15) is 9.59 Å². The molecule has 1 fully saturated rings. The minimum absolute atomic E-state index is 0.209. The summed E-state index contributed by atoms with van der Waals surface area (Å²) in [7, 11) is 0. The number of nitrogens with zero attached hydrogens (tertiary/aromatic N) is 2. The molecule has 3 aromatic carbocycles. The van der Waals surface area contributed by atoms with Crippen molar-refractivity contribution in [3.63, 3.8) is 0 Å². The number of benzene rings is 3. The van der Waals surface area contributed by atoms with E-state index in [1.807, 2.05) is 72.8 Å². The lowest BCUT2D eigenvalue weighted by atomic mass is 9.95. The van der Waals surface area contributed by atoms with Crippen molar-refractivity contribution in [2.75, 3.05) is 0 Å². The Kier molecular flexibility index (Phi) is 4.78. The Balaban J connectivity index is 1.36. The number of allylic oxidation sites excluding steroid dienone is 1. The predicted octanol–water partition coefficient (Wildman–Crippen LogP) is 7.42. The van der Waals surface area contributed by atoms with Crippen LogP contribution in [-0.4, -0.2) is 21.1 Å². The Bertz CT molecular complexity index is 1640. The average Bonchev–Trinajstić information content (AvgIpc) is 3.55. The molecule has 2 heterocycles. The fraction of sp³-hybridized carbons (Fsp3) is 0.194. The van der Waals surface area contributed by atoms with Crippen LogP contribution in [0.3, 0.4) is 0 Å². The maximum Gasteiger partial charge on any atom is 0.228 e. The second-order valence-corrected chi connectivity index (χ2v) is 9.77. The molecule has 0 N–H and O–H groups in total. The van der Waals surface area contributed by atoms with Crippen LogP contribution in [0, 0.1) is 0 Å². The van der Waals surface area contributed by atoms with Gasteiger partial charge in [-0.1, -0.05) is 61.7 Å². The number of ketones is 2. The Morgan fingerprint density at radius 1 is 0.806 bits per heavy atom. The summed E-state index contributed by atoms with van der Waals surface area (Å²) < 4.78 is 8.36. The number of carbonyl (C=O) groups is 2. The summed E-state index contributed by atoms with van der Waals surface area (Å²) in [6.45, 7) is 0. The maximum absolute atomic E-state index is 13.4. The van der Waals surface area contributed by atoms with E-state index in [4.69, 9.17) is 9.40 Å². The molecule has 0 spiro atoms. The van der Waals surface area contributed by atoms with Gasteiger partial charge in [-0.2, -0.15) is 4.98 Å². The minimum atomic E-state index is -0.216. The van der Waals surface area contributed by atoms with Gasteiger partial charge in [0.05, 0.1) is 5.57 Å². The lowest BCUT2D eigenvalue weighted by molar-refractivity contribution is 0.0990. The lowest BCUT2D eigenvalue weighted by Crippen LogP contribution is -2.14. The first-order chi connectivity index (χ1) is 17.7. The molecule has 36 heavy (non-hydrogen) atoms. The highest BCUT2D eigenvalue weighted by Crippen LogP contribution is 2.38. The predicted molar refractivity (Wildman–Crippen MR) is 140 cm³/mol. The minimum Gasteiger partial charge on any atom is -0.434 e. The van der Waals surface area contributed by atoms with Crippen molar-refractivity contribution in [2.24, 2.45) is 0 Å². The number of aromatic nitrogens is 2. The van der Waals surface area contributed by atoms with E-state index in [1.165, 1.54) is 6.42 Å². The highest BCUT2D eigenvalue weighted by atomic mass is 16.3. The molecule has 1 saturated carbocycles. The Labute approximate surface area is 208 Å². The molecule has 0 unspecified atom stereocenters. The third-order valence-electron chi connectivity index (χ3n) is 7.54. The number of hydrogen-bond donors (Lipinski definition) is 0. The van der Waals surface area contributed by atoms with Crippen LogP contribution in [0.1, 0.15) is 64.6 Å². The van der Waals surface area contributed by atoms with Gasteiger partial charge in [-0.05, 0) is 54.0 Å². The van der Waals surface area contributed by atoms with E-state index >= 15 is 0 Å². The van der Waals surface area contributed by atoms with Crippen molar-refractivity contribution in [3.8, 4) is 11.5 Å². The topological polar surface area (TPSA) is 65.1 Å². The molecule has 2 aliphatic carbocycles. The molecule has 0 amide bonds. The zero-order valence-corrected chi connectivity index (χ0v) is 19.7. The monoisotopic (exact) mass is 472 g/mol. The van der Waals surface area contributed by atoms with Gasteiger partial charge < -0.3 is 8.98 Å². The summed E-state index contributed by atoms with van der Waals surface area (Å²) in [6, 6.07) is 23.5. The van der Waals surface area contributed by atoms with E-state index in [2.05, 4.69) is 4.57 Å². The lowest BCUT2D eigenvalue weighted by Gasteiger charge is -2.25. The molecule has 0 bridgehead atoms. The second-order valence-electron chi connectivity index (χ2n) is 9.77. The third-order valence-corrected chi connectivity index (χ3v) is 7.54. The van der Waals surface area contributed by atoms with Gasteiger partial charge in [0.15, 0.2) is 22.8 Å². The molecule has 7 rings (SSSR count). The molecule has 0 aliphatic heterocycles. The summed E-state index contributed by atoms with van der Waals surface area (Å²) in [5, 5.41) is 1.92. The smallest absolute Gasteiger partial charge is 0.228 e. The van der Waals surface area contributed by atoms with Crippen LogP contribution in [0.4, 0.5) is 0 Å². The van der Waals surface area contributed by atoms with E-state index in [1.54, 1.807) is 6.08 Å². The van der Waals surface area contributed by atoms with Crippen LogP contribution >= 0.6 is 0 Å². The Hall–Kier alpha value is -4.25. The largest absolute Gasteiger partial charge is 0.434 e. The molecule has 0 radical (unpaired) electrons. The van der Waals surface area contributed by atoms with Crippen LogP contribution in [0.5, 0.6) is 0 Å². The highest BCUT2D eigenvalue weighted by Gasteiger charge is 2.34. The number of carbonyl (C=O) groups excluding carboxylic acids is 2. The van der Waals surface area contributed by atoms with Crippen LogP contribution in [0.25, 0.3) is 39.5 Å². The molecule has 2 aliphatic rings. The first kappa shape index (κ1) is 21.1. The highest BCUT2D eigenvalue weighted by molar-refractivity contribution is 6.42. The zero-order chi connectivity index (χ0) is 24.2. The van der Waals surface area contributed by atoms with Crippen molar-refractivity contribution in [1.29, 1.82) is 0 Å². The SMILES string of the molecule is O=C1C(=Cc2cc3oc(-c4ccccc4)nc3n2C2CCCCC2)C(=O)c2cc3ccccc3cc21. The Morgan fingerprint density at radius 3 is 2.11 bits per heavy atom. The normalized spacial score (nSPS) is 16.3. The van der Waals surface area contributed by atoms with Crippen molar-refractivity contribution in [3.05, 3.63) is 95.2 Å². The zero-order valence-electron chi connectivity index (χ0n) is 19.7. The fourth-order valence-corrected chi connectivity index (χ4v) is 5.74.